The van der Waals surface area contributed by atoms with Gasteiger partial charge in [0.25, 0.3) is 0 Å². The molecule has 0 atom stereocenters. The first-order valence-electron chi connectivity index (χ1n) is 5.56. The van der Waals surface area contributed by atoms with Crippen LogP contribution in [-0.2, 0) is 14.8 Å². The van der Waals surface area contributed by atoms with E-state index in [4.69, 9.17) is 10.4 Å². The van der Waals surface area contributed by atoms with Gasteiger partial charge in [-0.25, -0.2) is 8.42 Å². The lowest BCUT2D eigenvalue weighted by Crippen LogP contribution is -2.29. The van der Waals surface area contributed by atoms with Crippen molar-refractivity contribution in [3.63, 3.8) is 0 Å². The van der Waals surface area contributed by atoms with Crippen LogP contribution in [0.1, 0.15) is 18.4 Å². The van der Waals surface area contributed by atoms with Gasteiger partial charge in [-0.05, 0) is 18.6 Å². The monoisotopic (exact) mass is 282 g/mol. The number of para-hydroxylation sites is 1. The second kappa shape index (κ2) is 6.20. The molecule has 0 aliphatic carbocycles. The van der Waals surface area contributed by atoms with E-state index >= 15 is 0 Å². The lowest BCUT2D eigenvalue weighted by Gasteiger charge is -2.20. The number of nitriles is 1. The predicted molar refractivity (Wildman–Crippen MR) is 70.2 cm³/mol. The van der Waals surface area contributed by atoms with Gasteiger partial charge in [-0.3, -0.25) is 9.10 Å². The molecule has 0 aliphatic heterocycles. The lowest BCUT2D eigenvalue weighted by molar-refractivity contribution is -0.137. The third kappa shape index (κ3) is 3.96. The molecular weight excluding hydrogens is 268 g/mol. The second-order valence-corrected chi connectivity index (χ2v) is 6.03. The minimum atomic E-state index is -3.62. The van der Waals surface area contributed by atoms with Crippen molar-refractivity contribution < 1.29 is 18.3 Å². The summed E-state index contributed by atoms with van der Waals surface area (Å²) in [6.07, 6.45) is -0.163. The van der Waals surface area contributed by atoms with Crippen LogP contribution in [0.15, 0.2) is 24.3 Å². The van der Waals surface area contributed by atoms with Gasteiger partial charge >= 0.3 is 5.97 Å². The van der Waals surface area contributed by atoms with Crippen molar-refractivity contribution in [2.45, 2.75) is 12.8 Å². The van der Waals surface area contributed by atoms with Gasteiger partial charge in [-0.15, -0.1) is 0 Å². The Morgan fingerprint density at radius 2 is 2.05 bits per heavy atom. The van der Waals surface area contributed by atoms with E-state index in [-0.39, 0.29) is 24.2 Å². The first-order valence-corrected chi connectivity index (χ1v) is 7.17. The van der Waals surface area contributed by atoms with Gasteiger partial charge in [-0.2, -0.15) is 5.26 Å². The number of anilines is 1. The molecule has 0 heterocycles. The van der Waals surface area contributed by atoms with E-state index in [2.05, 4.69) is 0 Å². The van der Waals surface area contributed by atoms with Crippen molar-refractivity contribution in [3.8, 4) is 6.07 Å². The van der Waals surface area contributed by atoms with E-state index < -0.39 is 16.0 Å². The van der Waals surface area contributed by atoms with Crippen molar-refractivity contribution in [1.82, 2.24) is 0 Å². The number of carboxylic acids is 1. The zero-order valence-electron chi connectivity index (χ0n) is 10.4. The average Bonchev–Trinajstić information content (AvgIpc) is 2.37. The van der Waals surface area contributed by atoms with E-state index in [1.807, 2.05) is 6.07 Å². The minimum Gasteiger partial charge on any atom is -0.481 e. The van der Waals surface area contributed by atoms with Crippen LogP contribution in [0, 0.1) is 11.3 Å². The highest BCUT2D eigenvalue weighted by Crippen LogP contribution is 2.21. The Bertz CT molecular complexity index is 604. The quantitative estimate of drug-likeness (QED) is 0.845. The molecule has 1 rings (SSSR count). The van der Waals surface area contributed by atoms with Crippen LogP contribution < -0.4 is 4.31 Å². The maximum Gasteiger partial charge on any atom is 0.303 e. The molecule has 1 N–H and O–H groups in total. The number of aliphatic carboxylic acids is 1. The molecule has 0 aliphatic rings. The Kier molecular flexibility index (Phi) is 4.89. The molecule has 0 spiro atoms. The summed E-state index contributed by atoms with van der Waals surface area (Å²) in [5.74, 6) is -1.30. The fraction of sp³-hybridized carbons (Fsp3) is 0.333. The fourth-order valence-electron chi connectivity index (χ4n) is 1.54. The Labute approximate surface area is 111 Å². The van der Waals surface area contributed by atoms with Gasteiger partial charge in [0, 0.05) is 13.5 Å². The van der Waals surface area contributed by atoms with Gasteiger partial charge in [-0.1, -0.05) is 12.1 Å². The van der Waals surface area contributed by atoms with Crippen LogP contribution >= 0.6 is 0 Å². The number of benzene rings is 1. The van der Waals surface area contributed by atoms with Gasteiger partial charge < -0.3 is 5.11 Å². The summed E-state index contributed by atoms with van der Waals surface area (Å²) in [4.78, 5) is 10.4. The fourth-order valence-corrected chi connectivity index (χ4v) is 2.78. The summed E-state index contributed by atoms with van der Waals surface area (Å²) in [7, 11) is -2.27. The number of carbonyl (C=O) groups is 1. The van der Waals surface area contributed by atoms with Gasteiger partial charge in [0.05, 0.1) is 17.0 Å². The number of rotatable bonds is 6. The highest BCUT2D eigenvalue weighted by molar-refractivity contribution is 7.92. The van der Waals surface area contributed by atoms with Gasteiger partial charge in [0.15, 0.2) is 0 Å². The Balaban J connectivity index is 2.89. The number of nitrogens with zero attached hydrogens (tertiary/aromatic N) is 2. The highest BCUT2D eigenvalue weighted by Gasteiger charge is 2.20. The maximum atomic E-state index is 12.0. The van der Waals surface area contributed by atoms with Gasteiger partial charge in [0.2, 0.25) is 10.0 Å². The van der Waals surface area contributed by atoms with Crippen molar-refractivity contribution >= 4 is 21.7 Å². The van der Waals surface area contributed by atoms with E-state index in [1.54, 1.807) is 12.1 Å². The molecule has 0 unspecified atom stereocenters. The number of hydrogen-bond acceptors (Lipinski definition) is 4. The highest BCUT2D eigenvalue weighted by atomic mass is 32.2. The first-order chi connectivity index (χ1) is 8.88. The summed E-state index contributed by atoms with van der Waals surface area (Å²) in [6.45, 7) is 0. The molecule has 1 aromatic rings. The molecule has 0 saturated heterocycles. The van der Waals surface area contributed by atoms with Crippen LogP contribution in [-0.4, -0.2) is 32.3 Å². The third-order valence-electron chi connectivity index (χ3n) is 2.57. The molecule has 19 heavy (non-hydrogen) atoms. The summed E-state index contributed by atoms with van der Waals surface area (Å²) in [5, 5.41) is 17.4. The number of carboxylic acid groups (broad SMARTS) is 1. The molecule has 0 radical (unpaired) electrons. The summed E-state index contributed by atoms with van der Waals surface area (Å²) in [5.41, 5.74) is 0.548. The molecule has 7 heteroatoms. The molecule has 0 amide bonds. The zero-order valence-corrected chi connectivity index (χ0v) is 11.2. The minimum absolute atomic E-state index is 0.0384. The molecule has 0 bridgehead atoms. The van der Waals surface area contributed by atoms with E-state index in [0.29, 0.717) is 5.69 Å². The standard InChI is InChI=1S/C12H14N2O4S/c1-14(11-6-3-2-5-10(11)9-13)19(17,18)8-4-7-12(15)16/h2-3,5-6H,4,7-8H2,1H3,(H,15,16). The van der Waals surface area contributed by atoms with Crippen molar-refractivity contribution in [1.29, 1.82) is 5.26 Å². The number of hydrogen-bond donors (Lipinski definition) is 1. The Morgan fingerprint density at radius 3 is 2.63 bits per heavy atom. The zero-order chi connectivity index (χ0) is 14.5. The largest absolute Gasteiger partial charge is 0.481 e. The topological polar surface area (TPSA) is 98.5 Å². The predicted octanol–water partition coefficient (Wildman–Crippen LogP) is 1.19. The SMILES string of the molecule is CN(c1ccccc1C#N)S(=O)(=O)CCCC(=O)O. The van der Waals surface area contributed by atoms with Crippen LogP contribution in [0.2, 0.25) is 0 Å². The second-order valence-electron chi connectivity index (χ2n) is 3.91. The molecule has 1 aromatic carbocycles. The summed E-state index contributed by atoms with van der Waals surface area (Å²) in [6, 6.07) is 8.27. The third-order valence-corrected chi connectivity index (χ3v) is 4.41. The van der Waals surface area contributed by atoms with Crippen LogP contribution in [0.5, 0.6) is 0 Å². The number of sulfonamides is 1. The Hall–Kier alpha value is -2.07. The Morgan fingerprint density at radius 1 is 1.42 bits per heavy atom. The maximum absolute atomic E-state index is 12.0. The van der Waals surface area contributed by atoms with Crippen LogP contribution in [0.3, 0.4) is 0 Å². The summed E-state index contributed by atoms with van der Waals surface area (Å²) >= 11 is 0. The normalized spacial score (nSPS) is 10.7. The van der Waals surface area contributed by atoms with Gasteiger partial charge in [0.1, 0.15) is 6.07 Å². The molecule has 0 aromatic heterocycles. The van der Waals surface area contributed by atoms with E-state index in [0.717, 1.165) is 4.31 Å². The molecule has 6 nitrogen and oxygen atoms in total. The smallest absolute Gasteiger partial charge is 0.303 e. The van der Waals surface area contributed by atoms with E-state index in [1.165, 1.54) is 19.2 Å². The molecule has 102 valence electrons. The molecular formula is C12H14N2O4S. The van der Waals surface area contributed by atoms with E-state index in [9.17, 15) is 13.2 Å². The average molecular weight is 282 g/mol. The van der Waals surface area contributed by atoms with Crippen molar-refractivity contribution in [3.05, 3.63) is 29.8 Å². The first kappa shape index (κ1) is 15.0. The lowest BCUT2D eigenvalue weighted by atomic mass is 10.2. The molecule has 0 saturated carbocycles. The van der Waals surface area contributed by atoms with Crippen molar-refractivity contribution in [2.75, 3.05) is 17.1 Å². The van der Waals surface area contributed by atoms with Crippen LogP contribution in [0.4, 0.5) is 5.69 Å². The van der Waals surface area contributed by atoms with Crippen LogP contribution in [0.25, 0.3) is 0 Å². The molecule has 0 fully saturated rings. The van der Waals surface area contributed by atoms with Crippen molar-refractivity contribution in [2.24, 2.45) is 0 Å². The summed E-state index contributed by atoms with van der Waals surface area (Å²) < 4.78 is 25.0.